The van der Waals surface area contributed by atoms with Gasteiger partial charge in [0.05, 0.1) is 18.8 Å². The number of amides is 1. The molecule has 0 unspecified atom stereocenters. The number of aryl methyl sites for hydroxylation is 1. The molecule has 0 aliphatic heterocycles. The third-order valence-corrected chi connectivity index (χ3v) is 7.25. The van der Waals surface area contributed by atoms with E-state index in [0.717, 1.165) is 19.3 Å². The molecule has 0 bridgehead atoms. The predicted octanol–water partition coefficient (Wildman–Crippen LogP) is 5.40. The maximum Gasteiger partial charge on any atom is 0.421 e. The molecule has 1 aliphatic carbocycles. The molecule has 0 saturated heterocycles. The standard InChI is InChI=1S/C25H31ClF3N3O7S/c1-36-12-13-37-20-10-9-17(22(15-20)39-23-21(26)14-18(16-30-23)25(27,28)29)6-5-11-38-24(33)32-40(34,35)31-19-7-3-2-4-8-19/h9-10,14-16,19,31H,2-8,11-13H2,1H3,(H,32,33). The van der Waals surface area contributed by atoms with E-state index in [9.17, 15) is 26.4 Å². The molecule has 0 radical (unpaired) electrons. The summed E-state index contributed by atoms with van der Waals surface area (Å²) in [4.78, 5) is 15.7. The van der Waals surface area contributed by atoms with Gasteiger partial charge in [-0.2, -0.15) is 26.3 Å². The number of aromatic nitrogens is 1. The molecule has 222 valence electrons. The number of hydrogen-bond donors (Lipinski definition) is 2. The number of pyridine rings is 1. The zero-order valence-electron chi connectivity index (χ0n) is 21.8. The van der Waals surface area contributed by atoms with Crippen LogP contribution in [0.3, 0.4) is 0 Å². The van der Waals surface area contributed by atoms with E-state index in [2.05, 4.69) is 9.71 Å². The summed E-state index contributed by atoms with van der Waals surface area (Å²) < 4.78 is 88.9. The molecule has 1 fully saturated rings. The number of carbonyl (C=O) groups excluding carboxylic acids is 1. The van der Waals surface area contributed by atoms with Crippen LogP contribution in [0.2, 0.25) is 5.02 Å². The fourth-order valence-electron chi connectivity index (χ4n) is 3.96. The molecule has 1 saturated carbocycles. The Kier molecular flexibility index (Phi) is 11.7. The first-order valence-corrected chi connectivity index (χ1v) is 14.4. The molecule has 15 heteroatoms. The average molecular weight is 610 g/mol. The molecule has 1 aromatic carbocycles. The molecule has 0 spiro atoms. The van der Waals surface area contributed by atoms with E-state index in [0.29, 0.717) is 49.4 Å². The average Bonchev–Trinajstić information content (AvgIpc) is 2.88. The molecular weight excluding hydrogens is 579 g/mol. The normalized spacial score (nSPS) is 14.5. The van der Waals surface area contributed by atoms with Crippen LogP contribution in [0.1, 0.15) is 49.7 Å². The summed E-state index contributed by atoms with van der Waals surface area (Å²) in [6.07, 6.45) is -0.218. The van der Waals surface area contributed by atoms with Crippen molar-refractivity contribution in [3.05, 3.63) is 46.6 Å². The second kappa shape index (κ2) is 14.7. The lowest BCUT2D eigenvalue weighted by atomic mass is 9.96. The van der Waals surface area contributed by atoms with Gasteiger partial charge in [-0.3, -0.25) is 0 Å². The van der Waals surface area contributed by atoms with Gasteiger partial charge in [-0.1, -0.05) is 36.9 Å². The Balaban J connectivity index is 1.60. The Morgan fingerprint density at radius 1 is 1.12 bits per heavy atom. The van der Waals surface area contributed by atoms with Gasteiger partial charge < -0.3 is 18.9 Å². The molecule has 10 nitrogen and oxygen atoms in total. The molecule has 2 aromatic rings. The van der Waals surface area contributed by atoms with E-state index >= 15 is 0 Å². The maximum atomic E-state index is 13.0. The summed E-state index contributed by atoms with van der Waals surface area (Å²) in [5.74, 6) is 0.383. The molecule has 1 heterocycles. The van der Waals surface area contributed by atoms with Crippen molar-refractivity contribution >= 4 is 27.9 Å². The second-order valence-electron chi connectivity index (χ2n) is 9.02. The van der Waals surface area contributed by atoms with Gasteiger partial charge in [-0.25, -0.2) is 14.5 Å². The van der Waals surface area contributed by atoms with Crippen LogP contribution >= 0.6 is 11.6 Å². The topological polar surface area (TPSA) is 125 Å². The van der Waals surface area contributed by atoms with Gasteiger partial charge in [0.25, 0.3) is 0 Å². The smallest absolute Gasteiger partial charge is 0.421 e. The summed E-state index contributed by atoms with van der Waals surface area (Å²) in [6.45, 7) is 0.459. The molecule has 0 atom stereocenters. The van der Waals surface area contributed by atoms with Gasteiger partial charge in [0, 0.05) is 25.4 Å². The highest BCUT2D eigenvalue weighted by Gasteiger charge is 2.32. The van der Waals surface area contributed by atoms with Crippen molar-refractivity contribution in [2.75, 3.05) is 26.9 Å². The first-order valence-electron chi connectivity index (χ1n) is 12.6. The predicted molar refractivity (Wildman–Crippen MR) is 140 cm³/mol. The van der Waals surface area contributed by atoms with Crippen LogP contribution in [0, 0.1) is 0 Å². The Morgan fingerprint density at radius 3 is 2.55 bits per heavy atom. The van der Waals surface area contributed by atoms with Crippen LogP contribution in [0.5, 0.6) is 17.4 Å². The first kappa shape index (κ1) is 31.7. The largest absolute Gasteiger partial charge is 0.491 e. The Morgan fingerprint density at radius 2 is 1.88 bits per heavy atom. The zero-order chi connectivity index (χ0) is 29.2. The van der Waals surface area contributed by atoms with Gasteiger partial charge in [0.15, 0.2) is 0 Å². The van der Waals surface area contributed by atoms with Crippen molar-refractivity contribution in [2.24, 2.45) is 0 Å². The highest BCUT2D eigenvalue weighted by Crippen LogP contribution is 2.36. The third kappa shape index (κ3) is 10.3. The van der Waals surface area contributed by atoms with E-state index < -0.39 is 28.0 Å². The number of nitrogens with zero attached hydrogens (tertiary/aromatic N) is 1. The number of ether oxygens (including phenoxy) is 4. The summed E-state index contributed by atoms with van der Waals surface area (Å²) in [6, 6.07) is 5.36. The summed E-state index contributed by atoms with van der Waals surface area (Å²) in [5, 5.41) is -0.338. The summed E-state index contributed by atoms with van der Waals surface area (Å²) in [7, 11) is -2.53. The van der Waals surface area contributed by atoms with Crippen molar-refractivity contribution in [1.82, 2.24) is 14.4 Å². The lowest BCUT2D eigenvalue weighted by molar-refractivity contribution is -0.137. The minimum absolute atomic E-state index is 0.115. The zero-order valence-corrected chi connectivity index (χ0v) is 23.3. The number of carbonyl (C=O) groups is 1. The van der Waals surface area contributed by atoms with E-state index in [1.165, 1.54) is 13.2 Å². The van der Waals surface area contributed by atoms with Crippen LogP contribution in [-0.2, 0) is 32.3 Å². The van der Waals surface area contributed by atoms with Gasteiger partial charge in [0.1, 0.15) is 23.1 Å². The number of alkyl halides is 3. The first-order chi connectivity index (χ1) is 19.0. The van der Waals surface area contributed by atoms with Gasteiger partial charge in [-0.05, 0) is 43.4 Å². The van der Waals surface area contributed by atoms with E-state index in [1.54, 1.807) is 12.1 Å². The number of rotatable bonds is 13. The number of methoxy groups -OCH3 is 1. The van der Waals surface area contributed by atoms with Crippen molar-refractivity contribution < 1.29 is 45.3 Å². The van der Waals surface area contributed by atoms with Crippen molar-refractivity contribution in [2.45, 2.75) is 57.2 Å². The van der Waals surface area contributed by atoms with Gasteiger partial charge >= 0.3 is 22.5 Å². The Hall–Kier alpha value is -2.81. The van der Waals surface area contributed by atoms with Crippen LogP contribution in [0.25, 0.3) is 0 Å². The van der Waals surface area contributed by atoms with E-state index in [-0.39, 0.29) is 42.3 Å². The highest BCUT2D eigenvalue weighted by molar-refractivity contribution is 7.88. The molecule has 2 N–H and O–H groups in total. The second-order valence-corrected chi connectivity index (χ2v) is 10.9. The molecule has 3 rings (SSSR count). The Bertz CT molecular complexity index is 1240. The third-order valence-electron chi connectivity index (χ3n) is 5.90. The number of halogens is 4. The Labute approximate surface area is 235 Å². The van der Waals surface area contributed by atoms with Crippen LogP contribution in [0.4, 0.5) is 18.0 Å². The molecule has 1 aromatic heterocycles. The lowest BCUT2D eigenvalue weighted by Crippen LogP contribution is -2.45. The molecule has 40 heavy (non-hydrogen) atoms. The monoisotopic (exact) mass is 609 g/mol. The molecule has 1 aliphatic rings. The lowest BCUT2D eigenvalue weighted by Gasteiger charge is -2.22. The van der Waals surface area contributed by atoms with Gasteiger partial charge in [-0.15, -0.1) is 0 Å². The maximum absolute atomic E-state index is 13.0. The minimum Gasteiger partial charge on any atom is -0.491 e. The summed E-state index contributed by atoms with van der Waals surface area (Å²) >= 11 is 6.00. The van der Waals surface area contributed by atoms with Crippen LogP contribution in [-0.4, -0.2) is 52.5 Å². The fraction of sp³-hybridized carbons (Fsp3) is 0.520. The molecule has 1 amide bonds. The van der Waals surface area contributed by atoms with Crippen molar-refractivity contribution in [3.63, 3.8) is 0 Å². The van der Waals surface area contributed by atoms with Gasteiger partial charge in [0.2, 0.25) is 5.88 Å². The fourth-order valence-corrected chi connectivity index (χ4v) is 5.18. The van der Waals surface area contributed by atoms with Crippen LogP contribution < -0.4 is 18.9 Å². The SMILES string of the molecule is COCCOc1ccc(CCCOC(=O)NS(=O)(=O)NC2CCCCC2)c(Oc2ncc(C(F)(F)F)cc2Cl)c1. The van der Waals surface area contributed by atoms with Crippen molar-refractivity contribution in [1.29, 1.82) is 0 Å². The quantitative estimate of drug-likeness (QED) is 0.289. The number of nitrogens with one attached hydrogen (secondary N) is 2. The van der Waals surface area contributed by atoms with E-state index in [1.807, 2.05) is 4.72 Å². The summed E-state index contributed by atoms with van der Waals surface area (Å²) in [5.41, 5.74) is -0.430. The van der Waals surface area contributed by atoms with Crippen molar-refractivity contribution in [3.8, 4) is 17.4 Å². The van der Waals surface area contributed by atoms with Crippen LogP contribution in [0.15, 0.2) is 30.5 Å². The minimum atomic E-state index is -4.62. The molecular formula is C25H31ClF3N3O7S. The van der Waals surface area contributed by atoms with E-state index in [4.69, 9.17) is 30.5 Å². The highest BCUT2D eigenvalue weighted by atomic mass is 35.5. The number of benzene rings is 1. The number of hydrogen-bond acceptors (Lipinski definition) is 8.